The van der Waals surface area contributed by atoms with Crippen molar-refractivity contribution in [3.63, 3.8) is 0 Å². The Labute approximate surface area is 187 Å². The topological polar surface area (TPSA) is 68.8 Å². The van der Waals surface area contributed by atoms with Crippen LogP contribution >= 0.6 is 15.9 Å². The predicted octanol–water partition coefficient (Wildman–Crippen LogP) is 4.44. The second-order valence-corrected chi connectivity index (χ2v) is 8.68. The summed E-state index contributed by atoms with van der Waals surface area (Å²) in [6, 6.07) is 11.7. The van der Waals surface area contributed by atoms with E-state index in [1.807, 2.05) is 64.1 Å². The van der Waals surface area contributed by atoms with Crippen molar-refractivity contribution >= 4 is 21.8 Å². The zero-order chi connectivity index (χ0) is 22.1. The van der Waals surface area contributed by atoms with Crippen LogP contribution in [-0.4, -0.2) is 31.8 Å². The lowest BCUT2D eigenvalue weighted by Crippen LogP contribution is -2.43. The first kappa shape index (κ1) is 24.0. The van der Waals surface area contributed by atoms with E-state index >= 15 is 0 Å². The molecule has 7 heteroatoms. The average Bonchev–Trinajstić information content (AvgIpc) is 2.68. The van der Waals surface area contributed by atoms with Gasteiger partial charge in [0, 0.05) is 28.7 Å². The van der Waals surface area contributed by atoms with Gasteiger partial charge in [-0.25, -0.2) is 0 Å². The Morgan fingerprint density at radius 3 is 2.33 bits per heavy atom. The zero-order valence-electron chi connectivity index (χ0n) is 18.3. The van der Waals surface area contributed by atoms with Gasteiger partial charge in [-0.1, -0.05) is 34.1 Å². The highest BCUT2D eigenvalue weighted by molar-refractivity contribution is 9.10. The van der Waals surface area contributed by atoms with Crippen LogP contribution in [0.3, 0.4) is 0 Å². The average molecular weight is 479 g/mol. The Morgan fingerprint density at radius 1 is 1.00 bits per heavy atom. The summed E-state index contributed by atoms with van der Waals surface area (Å²) in [5.41, 5.74) is 1.81. The molecule has 0 bridgehead atoms. The summed E-state index contributed by atoms with van der Waals surface area (Å²) >= 11 is 3.60. The molecule has 2 aromatic rings. The molecule has 0 aliphatic heterocycles. The lowest BCUT2D eigenvalue weighted by molar-refractivity contribution is -0.124. The Bertz CT molecular complexity index is 850. The Hall–Kier alpha value is -2.25. The zero-order valence-corrected chi connectivity index (χ0v) is 19.9. The normalized spacial score (nSPS) is 11.1. The van der Waals surface area contributed by atoms with E-state index in [0.29, 0.717) is 31.2 Å². The standard InChI is InChI=1S/C23H31BrN2O4/c1-6-29-20-11-17(14-25-13-16-9-7-8-10-19(16)28-5)18(24)12-21(20)30-15-22(27)26-23(2,3)4/h7-12,25H,6,13-15H2,1-5H3,(H,26,27). The highest BCUT2D eigenvalue weighted by Gasteiger charge is 2.16. The lowest BCUT2D eigenvalue weighted by atomic mass is 10.1. The van der Waals surface area contributed by atoms with Crippen molar-refractivity contribution < 1.29 is 19.0 Å². The number of nitrogens with one attached hydrogen (secondary N) is 2. The van der Waals surface area contributed by atoms with Crippen molar-refractivity contribution in [1.82, 2.24) is 10.6 Å². The minimum Gasteiger partial charge on any atom is -0.496 e. The largest absolute Gasteiger partial charge is 0.496 e. The van der Waals surface area contributed by atoms with E-state index in [9.17, 15) is 4.79 Å². The third-order valence-corrected chi connectivity index (χ3v) is 4.85. The molecule has 0 aliphatic carbocycles. The van der Waals surface area contributed by atoms with Crippen LogP contribution in [-0.2, 0) is 17.9 Å². The van der Waals surface area contributed by atoms with Gasteiger partial charge in [-0.2, -0.15) is 0 Å². The third kappa shape index (κ3) is 7.54. The van der Waals surface area contributed by atoms with Crippen LogP contribution in [0.25, 0.3) is 0 Å². The Balaban J connectivity index is 2.05. The number of ether oxygens (including phenoxy) is 3. The number of rotatable bonds is 10. The summed E-state index contributed by atoms with van der Waals surface area (Å²) in [7, 11) is 1.67. The molecule has 0 saturated carbocycles. The SMILES string of the molecule is CCOc1cc(CNCc2ccccc2OC)c(Br)cc1OCC(=O)NC(C)(C)C. The van der Waals surface area contributed by atoms with Gasteiger partial charge in [0.2, 0.25) is 0 Å². The van der Waals surface area contributed by atoms with Crippen molar-refractivity contribution in [3.8, 4) is 17.2 Å². The molecule has 0 saturated heterocycles. The molecule has 30 heavy (non-hydrogen) atoms. The van der Waals surface area contributed by atoms with E-state index in [1.165, 1.54) is 0 Å². The summed E-state index contributed by atoms with van der Waals surface area (Å²) in [5, 5.41) is 6.31. The Kier molecular flexibility index (Phi) is 8.99. The second kappa shape index (κ2) is 11.2. The van der Waals surface area contributed by atoms with Crippen LogP contribution < -0.4 is 24.8 Å². The second-order valence-electron chi connectivity index (χ2n) is 7.83. The summed E-state index contributed by atoms with van der Waals surface area (Å²) in [6.45, 7) is 9.43. The summed E-state index contributed by atoms with van der Waals surface area (Å²) in [6.07, 6.45) is 0. The van der Waals surface area contributed by atoms with Crippen molar-refractivity contribution in [1.29, 1.82) is 0 Å². The molecule has 164 valence electrons. The predicted molar refractivity (Wildman–Crippen MR) is 122 cm³/mol. The van der Waals surface area contributed by atoms with Crippen LogP contribution in [0, 0.1) is 0 Å². The molecule has 2 aromatic carbocycles. The van der Waals surface area contributed by atoms with Crippen LogP contribution in [0.15, 0.2) is 40.9 Å². The number of para-hydroxylation sites is 1. The van der Waals surface area contributed by atoms with E-state index in [2.05, 4.69) is 26.6 Å². The third-order valence-electron chi connectivity index (χ3n) is 4.11. The Morgan fingerprint density at radius 2 is 1.67 bits per heavy atom. The van der Waals surface area contributed by atoms with Crippen LogP contribution in [0.1, 0.15) is 38.8 Å². The summed E-state index contributed by atoms with van der Waals surface area (Å²) < 4.78 is 17.8. The smallest absolute Gasteiger partial charge is 0.258 e. The van der Waals surface area contributed by atoms with Gasteiger partial charge in [0.25, 0.3) is 5.91 Å². The molecular weight excluding hydrogens is 448 g/mol. The molecule has 0 aliphatic rings. The molecule has 0 atom stereocenters. The lowest BCUT2D eigenvalue weighted by Gasteiger charge is -2.21. The minimum atomic E-state index is -0.305. The fourth-order valence-corrected chi connectivity index (χ4v) is 3.33. The first-order chi connectivity index (χ1) is 14.2. The van der Waals surface area contributed by atoms with Gasteiger partial charge in [0.05, 0.1) is 13.7 Å². The molecule has 0 spiro atoms. The fraction of sp³-hybridized carbons (Fsp3) is 0.435. The van der Waals surface area contributed by atoms with Gasteiger partial charge in [0.1, 0.15) is 5.75 Å². The number of benzene rings is 2. The van der Waals surface area contributed by atoms with Crippen LogP contribution in [0.5, 0.6) is 17.2 Å². The number of amides is 1. The maximum atomic E-state index is 12.1. The minimum absolute atomic E-state index is 0.0742. The maximum absolute atomic E-state index is 12.1. The number of hydrogen-bond donors (Lipinski definition) is 2. The molecular formula is C23H31BrN2O4. The highest BCUT2D eigenvalue weighted by Crippen LogP contribution is 2.34. The van der Waals surface area contributed by atoms with Gasteiger partial charge < -0.3 is 24.8 Å². The molecule has 0 aromatic heterocycles. The van der Waals surface area contributed by atoms with Crippen molar-refractivity contribution in [2.24, 2.45) is 0 Å². The molecule has 0 radical (unpaired) electrons. The molecule has 0 heterocycles. The van der Waals surface area contributed by atoms with E-state index in [4.69, 9.17) is 14.2 Å². The van der Waals surface area contributed by atoms with Gasteiger partial charge in [-0.05, 0) is 51.5 Å². The van der Waals surface area contributed by atoms with Crippen molar-refractivity contribution in [2.75, 3.05) is 20.3 Å². The molecule has 6 nitrogen and oxygen atoms in total. The molecule has 0 fully saturated rings. The number of carbonyl (C=O) groups is 1. The number of hydrogen-bond acceptors (Lipinski definition) is 5. The fourth-order valence-electron chi connectivity index (χ4n) is 2.87. The van der Waals surface area contributed by atoms with Gasteiger partial charge in [-0.3, -0.25) is 4.79 Å². The van der Waals surface area contributed by atoms with Crippen molar-refractivity contribution in [2.45, 2.75) is 46.3 Å². The summed E-state index contributed by atoms with van der Waals surface area (Å²) in [4.78, 5) is 12.1. The highest BCUT2D eigenvalue weighted by atomic mass is 79.9. The maximum Gasteiger partial charge on any atom is 0.258 e. The van der Waals surface area contributed by atoms with E-state index in [1.54, 1.807) is 7.11 Å². The summed E-state index contributed by atoms with van der Waals surface area (Å²) in [5.74, 6) is 1.82. The number of methoxy groups -OCH3 is 1. The first-order valence-corrected chi connectivity index (χ1v) is 10.7. The molecule has 1 amide bonds. The van der Waals surface area contributed by atoms with Crippen molar-refractivity contribution in [3.05, 3.63) is 52.0 Å². The first-order valence-electron chi connectivity index (χ1n) is 9.95. The molecule has 2 N–H and O–H groups in total. The van der Waals surface area contributed by atoms with Gasteiger partial charge in [0.15, 0.2) is 18.1 Å². The number of carbonyl (C=O) groups excluding carboxylic acids is 1. The van der Waals surface area contributed by atoms with Crippen LogP contribution in [0.4, 0.5) is 0 Å². The van der Waals surface area contributed by atoms with Gasteiger partial charge >= 0.3 is 0 Å². The van der Waals surface area contributed by atoms with Gasteiger partial charge in [-0.15, -0.1) is 0 Å². The monoisotopic (exact) mass is 478 g/mol. The molecule has 0 unspecified atom stereocenters. The molecule has 2 rings (SSSR count). The van der Waals surface area contributed by atoms with E-state index in [0.717, 1.165) is 21.3 Å². The quantitative estimate of drug-likeness (QED) is 0.528. The van der Waals surface area contributed by atoms with E-state index < -0.39 is 0 Å². The number of halogens is 1. The van der Waals surface area contributed by atoms with Crippen LogP contribution in [0.2, 0.25) is 0 Å². The van der Waals surface area contributed by atoms with E-state index in [-0.39, 0.29) is 18.1 Å².